The van der Waals surface area contributed by atoms with Gasteiger partial charge in [-0.3, -0.25) is 4.99 Å². The highest BCUT2D eigenvalue weighted by Crippen LogP contribution is 2.31. The van der Waals surface area contributed by atoms with E-state index in [1.165, 1.54) is 11.1 Å². The molecule has 0 fully saturated rings. The van der Waals surface area contributed by atoms with E-state index in [-0.39, 0.29) is 6.04 Å². The van der Waals surface area contributed by atoms with E-state index in [1.54, 1.807) is 7.05 Å². The quantitative estimate of drug-likeness (QED) is 0.531. The summed E-state index contributed by atoms with van der Waals surface area (Å²) in [6, 6.07) is 18.7. The van der Waals surface area contributed by atoms with Crippen molar-refractivity contribution in [2.24, 2.45) is 4.99 Å². The third-order valence-corrected chi connectivity index (χ3v) is 4.90. The lowest BCUT2D eigenvalue weighted by Crippen LogP contribution is -2.41. The molecule has 2 heterocycles. The molecule has 2 N–H and O–H groups in total. The third kappa shape index (κ3) is 4.17. The van der Waals surface area contributed by atoms with Crippen LogP contribution in [0.1, 0.15) is 29.4 Å². The summed E-state index contributed by atoms with van der Waals surface area (Å²) >= 11 is 0. The summed E-state index contributed by atoms with van der Waals surface area (Å²) < 4.78 is 7.90. The molecule has 3 aromatic rings. The van der Waals surface area contributed by atoms with Crippen LogP contribution in [-0.4, -0.2) is 29.2 Å². The largest absolute Gasteiger partial charge is 0.493 e. The minimum absolute atomic E-state index is 0.181. The summed E-state index contributed by atoms with van der Waals surface area (Å²) in [5.41, 5.74) is 2.42. The Morgan fingerprint density at radius 1 is 1.18 bits per heavy atom. The fourth-order valence-corrected chi connectivity index (χ4v) is 3.45. The van der Waals surface area contributed by atoms with Crippen molar-refractivity contribution in [2.45, 2.75) is 25.6 Å². The maximum absolute atomic E-state index is 5.75. The molecular weight excluding hydrogens is 350 g/mol. The van der Waals surface area contributed by atoms with Gasteiger partial charge in [-0.2, -0.15) is 0 Å². The average Bonchev–Trinajstić information content (AvgIpc) is 3.19. The molecule has 0 saturated carbocycles. The van der Waals surface area contributed by atoms with Gasteiger partial charge in [-0.1, -0.05) is 48.5 Å². The van der Waals surface area contributed by atoms with Crippen molar-refractivity contribution in [1.82, 2.24) is 20.2 Å². The second-order valence-electron chi connectivity index (χ2n) is 6.75. The molecule has 2 aromatic carbocycles. The highest BCUT2D eigenvalue weighted by molar-refractivity contribution is 5.80. The van der Waals surface area contributed by atoms with Crippen molar-refractivity contribution in [3.8, 4) is 5.75 Å². The van der Waals surface area contributed by atoms with Crippen molar-refractivity contribution in [3.05, 3.63) is 83.9 Å². The van der Waals surface area contributed by atoms with Gasteiger partial charge in [-0.05, 0) is 11.6 Å². The predicted octanol–water partition coefficient (Wildman–Crippen LogP) is 3.12. The average molecular weight is 375 g/mol. The number of fused-ring (bicyclic) bond motifs is 1. The van der Waals surface area contributed by atoms with Crippen LogP contribution in [0.25, 0.3) is 0 Å². The van der Waals surface area contributed by atoms with E-state index >= 15 is 0 Å². The molecule has 0 spiro atoms. The Bertz CT molecular complexity index is 935. The van der Waals surface area contributed by atoms with E-state index in [0.29, 0.717) is 13.2 Å². The molecule has 6 heteroatoms. The fraction of sp³-hybridized carbons (Fsp3) is 0.273. The van der Waals surface area contributed by atoms with Crippen molar-refractivity contribution in [1.29, 1.82) is 0 Å². The maximum Gasteiger partial charge on any atom is 0.191 e. The number of rotatable bonds is 5. The molecule has 0 radical (unpaired) electrons. The van der Waals surface area contributed by atoms with Crippen molar-refractivity contribution in [2.75, 3.05) is 13.7 Å². The van der Waals surface area contributed by atoms with Gasteiger partial charge in [0.1, 0.15) is 11.6 Å². The van der Waals surface area contributed by atoms with Gasteiger partial charge in [0.2, 0.25) is 0 Å². The molecule has 1 aliphatic heterocycles. The highest BCUT2D eigenvalue weighted by Gasteiger charge is 2.21. The molecule has 0 saturated heterocycles. The van der Waals surface area contributed by atoms with Gasteiger partial charge in [0, 0.05) is 38.0 Å². The molecule has 0 bridgehead atoms. The number of imidazole rings is 1. The van der Waals surface area contributed by atoms with Crippen LogP contribution in [0.2, 0.25) is 0 Å². The SMILES string of the molecule is CN=C(NCc1nccn1Cc1ccccc1)NC1CCOc2ccccc21. The smallest absolute Gasteiger partial charge is 0.191 e. The zero-order chi connectivity index (χ0) is 19.2. The zero-order valence-electron chi connectivity index (χ0n) is 16.0. The Kier molecular flexibility index (Phi) is 5.56. The number of nitrogens with zero attached hydrogens (tertiary/aromatic N) is 3. The molecule has 1 atom stereocenters. The van der Waals surface area contributed by atoms with Gasteiger partial charge in [0.15, 0.2) is 5.96 Å². The van der Waals surface area contributed by atoms with Crippen LogP contribution in [0.5, 0.6) is 5.75 Å². The maximum atomic E-state index is 5.75. The Morgan fingerprint density at radius 2 is 2.00 bits per heavy atom. The standard InChI is InChI=1S/C22H25N5O/c1-23-22(26-19-11-14-28-20-10-6-5-9-18(19)20)25-15-21-24-12-13-27(21)16-17-7-3-2-4-8-17/h2-10,12-13,19H,11,14-16H2,1H3,(H2,23,25,26). The van der Waals surface area contributed by atoms with Crippen LogP contribution in [0.15, 0.2) is 72.0 Å². The monoisotopic (exact) mass is 375 g/mol. The summed E-state index contributed by atoms with van der Waals surface area (Å²) in [6.45, 7) is 2.11. The van der Waals surface area contributed by atoms with Crippen LogP contribution in [0.4, 0.5) is 0 Å². The highest BCUT2D eigenvalue weighted by atomic mass is 16.5. The van der Waals surface area contributed by atoms with Crippen molar-refractivity contribution >= 4 is 5.96 Å². The topological polar surface area (TPSA) is 63.5 Å². The van der Waals surface area contributed by atoms with E-state index in [0.717, 1.165) is 30.5 Å². The summed E-state index contributed by atoms with van der Waals surface area (Å²) in [4.78, 5) is 8.88. The first-order valence-electron chi connectivity index (χ1n) is 9.56. The van der Waals surface area contributed by atoms with Gasteiger partial charge < -0.3 is 19.9 Å². The summed E-state index contributed by atoms with van der Waals surface area (Å²) in [5, 5.41) is 6.91. The number of benzene rings is 2. The lowest BCUT2D eigenvalue weighted by molar-refractivity contribution is 0.261. The molecule has 1 unspecified atom stereocenters. The van der Waals surface area contributed by atoms with E-state index in [2.05, 4.69) is 55.5 Å². The second kappa shape index (κ2) is 8.61. The van der Waals surface area contributed by atoms with Crippen molar-refractivity contribution in [3.63, 3.8) is 0 Å². The first-order valence-corrected chi connectivity index (χ1v) is 9.56. The minimum Gasteiger partial charge on any atom is -0.493 e. The molecule has 28 heavy (non-hydrogen) atoms. The molecular formula is C22H25N5O. The molecule has 6 nitrogen and oxygen atoms in total. The third-order valence-electron chi connectivity index (χ3n) is 4.90. The van der Waals surface area contributed by atoms with Crippen LogP contribution < -0.4 is 15.4 Å². The Balaban J connectivity index is 1.39. The van der Waals surface area contributed by atoms with E-state index in [1.807, 2.05) is 36.7 Å². The first-order chi connectivity index (χ1) is 13.8. The number of para-hydroxylation sites is 1. The van der Waals surface area contributed by atoms with Gasteiger partial charge in [0.25, 0.3) is 0 Å². The molecule has 0 aliphatic carbocycles. The Hall–Kier alpha value is -3.28. The second-order valence-corrected chi connectivity index (χ2v) is 6.75. The number of ether oxygens (including phenoxy) is 1. The van der Waals surface area contributed by atoms with E-state index in [4.69, 9.17) is 4.74 Å². The summed E-state index contributed by atoms with van der Waals surface area (Å²) in [7, 11) is 1.79. The summed E-state index contributed by atoms with van der Waals surface area (Å²) in [5.74, 6) is 2.68. The molecule has 1 aromatic heterocycles. The van der Waals surface area contributed by atoms with Gasteiger partial charge in [0.05, 0.1) is 19.2 Å². The van der Waals surface area contributed by atoms with E-state index in [9.17, 15) is 0 Å². The molecule has 1 aliphatic rings. The number of guanidine groups is 1. The molecule has 4 rings (SSSR count). The molecule has 144 valence electrons. The van der Waals surface area contributed by atoms with Crippen LogP contribution >= 0.6 is 0 Å². The number of aromatic nitrogens is 2. The Labute approximate surface area is 165 Å². The van der Waals surface area contributed by atoms with Gasteiger partial charge >= 0.3 is 0 Å². The first kappa shape index (κ1) is 18.1. The summed E-state index contributed by atoms with van der Waals surface area (Å²) in [6.07, 6.45) is 4.75. The minimum atomic E-state index is 0.181. The number of hydrogen-bond donors (Lipinski definition) is 2. The van der Waals surface area contributed by atoms with Crippen LogP contribution in [0, 0.1) is 0 Å². The number of hydrogen-bond acceptors (Lipinski definition) is 3. The Morgan fingerprint density at radius 3 is 2.86 bits per heavy atom. The van der Waals surface area contributed by atoms with Crippen LogP contribution in [0.3, 0.4) is 0 Å². The number of aliphatic imine (C=N–C) groups is 1. The lowest BCUT2D eigenvalue weighted by Gasteiger charge is -2.28. The van der Waals surface area contributed by atoms with Gasteiger partial charge in [-0.15, -0.1) is 0 Å². The van der Waals surface area contributed by atoms with E-state index < -0.39 is 0 Å². The normalized spacial score (nSPS) is 16.2. The predicted molar refractivity (Wildman–Crippen MR) is 110 cm³/mol. The number of nitrogens with one attached hydrogen (secondary N) is 2. The zero-order valence-corrected chi connectivity index (χ0v) is 16.0. The van der Waals surface area contributed by atoms with Crippen molar-refractivity contribution < 1.29 is 4.74 Å². The van der Waals surface area contributed by atoms with Crippen LogP contribution in [-0.2, 0) is 13.1 Å². The molecule has 0 amide bonds. The van der Waals surface area contributed by atoms with Gasteiger partial charge in [-0.25, -0.2) is 4.98 Å². The fourth-order valence-electron chi connectivity index (χ4n) is 3.45. The lowest BCUT2D eigenvalue weighted by atomic mass is 10.0.